The third kappa shape index (κ3) is 2.85. The van der Waals surface area contributed by atoms with Crippen LogP contribution in [-0.4, -0.2) is 10.9 Å². The number of hydrogen-bond donors (Lipinski definition) is 2. The maximum absolute atomic E-state index is 12.3. The first kappa shape index (κ1) is 14.7. The summed E-state index contributed by atoms with van der Waals surface area (Å²) in [4.78, 5) is 15.6. The molecule has 112 valence electrons. The molecule has 0 bridgehead atoms. The van der Waals surface area contributed by atoms with Gasteiger partial charge in [0.25, 0.3) is 0 Å². The van der Waals surface area contributed by atoms with Gasteiger partial charge in [-0.2, -0.15) is 0 Å². The van der Waals surface area contributed by atoms with Crippen molar-refractivity contribution >= 4 is 34.1 Å². The van der Waals surface area contributed by atoms with Crippen molar-refractivity contribution in [3.8, 4) is 0 Å². The lowest BCUT2D eigenvalue weighted by atomic mass is 10.1. The molecule has 3 nitrogen and oxygen atoms in total. The van der Waals surface area contributed by atoms with Crippen LogP contribution < -0.4 is 5.32 Å². The molecule has 1 heterocycles. The Balaban J connectivity index is 1.83. The first-order valence-electron chi connectivity index (χ1n) is 7.17. The van der Waals surface area contributed by atoms with Crippen molar-refractivity contribution in [1.29, 1.82) is 0 Å². The third-order valence-electron chi connectivity index (χ3n) is 3.76. The molecule has 4 heteroatoms. The summed E-state index contributed by atoms with van der Waals surface area (Å²) in [5.41, 5.74) is 4.81. The van der Waals surface area contributed by atoms with Crippen LogP contribution in [0, 0.1) is 13.8 Å². The molecule has 3 aromatic rings. The minimum Gasteiger partial charge on any atom is -0.358 e. The number of amides is 1. The van der Waals surface area contributed by atoms with Crippen molar-refractivity contribution < 1.29 is 4.79 Å². The predicted octanol–water partition coefficient (Wildman–Crippen LogP) is 4.62. The maximum Gasteiger partial charge on any atom is 0.228 e. The minimum absolute atomic E-state index is 0.0707. The SMILES string of the molecule is Cc1ccc(NC(=O)Cc2c(C)[nH]c3ccccc23)c(Cl)c1. The van der Waals surface area contributed by atoms with E-state index in [0.717, 1.165) is 27.7 Å². The fourth-order valence-corrected chi connectivity index (χ4v) is 2.92. The quantitative estimate of drug-likeness (QED) is 0.728. The van der Waals surface area contributed by atoms with Crippen LogP contribution in [0.25, 0.3) is 10.9 Å². The van der Waals surface area contributed by atoms with Crippen molar-refractivity contribution in [2.24, 2.45) is 0 Å². The number of nitrogens with one attached hydrogen (secondary N) is 2. The molecule has 3 rings (SSSR count). The van der Waals surface area contributed by atoms with Gasteiger partial charge < -0.3 is 10.3 Å². The zero-order chi connectivity index (χ0) is 15.7. The normalized spacial score (nSPS) is 10.9. The highest BCUT2D eigenvalue weighted by molar-refractivity contribution is 6.33. The molecule has 0 unspecified atom stereocenters. The Kier molecular flexibility index (Phi) is 3.90. The van der Waals surface area contributed by atoms with Crippen molar-refractivity contribution in [3.63, 3.8) is 0 Å². The standard InChI is InChI=1S/C18H17ClN2O/c1-11-7-8-17(15(19)9-11)21-18(22)10-14-12(2)20-16-6-4-3-5-13(14)16/h3-9,20H,10H2,1-2H3,(H,21,22). The van der Waals surface area contributed by atoms with Gasteiger partial charge in [-0.3, -0.25) is 4.79 Å². The van der Waals surface area contributed by atoms with Crippen molar-refractivity contribution in [3.05, 3.63) is 64.3 Å². The maximum atomic E-state index is 12.3. The second kappa shape index (κ2) is 5.85. The Labute approximate surface area is 134 Å². The van der Waals surface area contributed by atoms with Gasteiger partial charge in [-0.25, -0.2) is 0 Å². The molecule has 1 aromatic heterocycles. The molecule has 0 fully saturated rings. The predicted molar refractivity (Wildman–Crippen MR) is 91.6 cm³/mol. The van der Waals surface area contributed by atoms with E-state index in [-0.39, 0.29) is 5.91 Å². The fraction of sp³-hybridized carbons (Fsp3) is 0.167. The summed E-state index contributed by atoms with van der Waals surface area (Å²) < 4.78 is 0. The van der Waals surface area contributed by atoms with Crippen molar-refractivity contribution in [1.82, 2.24) is 4.98 Å². The number of carbonyl (C=O) groups excluding carboxylic acids is 1. The summed E-state index contributed by atoms with van der Waals surface area (Å²) in [7, 11) is 0. The summed E-state index contributed by atoms with van der Waals surface area (Å²) in [6.45, 7) is 3.95. The number of aryl methyl sites for hydroxylation is 2. The van der Waals surface area contributed by atoms with Crippen molar-refractivity contribution in [2.45, 2.75) is 20.3 Å². The summed E-state index contributed by atoms with van der Waals surface area (Å²) >= 11 is 6.16. The monoisotopic (exact) mass is 312 g/mol. The third-order valence-corrected chi connectivity index (χ3v) is 4.08. The molecule has 0 saturated heterocycles. The van der Waals surface area contributed by atoms with Gasteiger partial charge in [0, 0.05) is 16.6 Å². The van der Waals surface area contributed by atoms with E-state index in [4.69, 9.17) is 11.6 Å². The molecular formula is C18H17ClN2O. The van der Waals surface area contributed by atoms with E-state index in [0.29, 0.717) is 17.1 Å². The van der Waals surface area contributed by atoms with Gasteiger partial charge in [-0.15, -0.1) is 0 Å². The summed E-state index contributed by atoms with van der Waals surface area (Å²) in [6, 6.07) is 13.6. The van der Waals surface area contributed by atoms with E-state index >= 15 is 0 Å². The number of H-pyrrole nitrogens is 1. The average Bonchev–Trinajstić information content (AvgIpc) is 2.78. The van der Waals surface area contributed by atoms with Crippen LogP contribution in [0.3, 0.4) is 0 Å². The molecule has 22 heavy (non-hydrogen) atoms. The Bertz CT molecular complexity index is 851. The molecular weight excluding hydrogens is 296 g/mol. The van der Waals surface area contributed by atoms with Crippen LogP contribution >= 0.6 is 11.6 Å². The first-order valence-corrected chi connectivity index (χ1v) is 7.54. The number of hydrogen-bond acceptors (Lipinski definition) is 1. The zero-order valence-electron chi connectivity index (χ0n) is 12.5. The first-order chi connectivity index (χ1) is 10.5. The Morgan fingerprint density at radius 2 is 1.95 bits per heavy atom. The largest absolute Gasteiger partial charge is 0.358 e. The second-order valence-corrected chi connectivity index (χ2v) is 5.89. The summed E-state index contributed by atoms with van der Waals surface area (Å²) in [5.74, 6) is -0.0707. The highest BCUT2D eigenvalue weighted by atomic mass is 35.5. The number of anilines is 1. The van der Waals surface area contributed by atoms with Crippen LogP contribution in [0.1, 0.15) is 16.8 Å². The highest BCUT2D eigenvalue weighted by Gasteiger charge is 2.13. The molecule has 0 radical (unpaired) electrons. The molecule has 2 aromatic carbocycles. The van der Waals surface area contributed by atoms with E-state index in [1.807, 2.05) is 56.3 Å². The Hall–Kier alpha value is -2.26. The molecule has 0 saturated carbocycles. The number of aromatic nitrogens is 1. The molecule has 0 atom stereocenters. The lowest BCUT2D eigenvalue weighted by Gasteiger charge is -2.08. The number of fused-ring (bicyclic) bond motifs is 1. The fourth-order valence-electron chi connectivity index (χ4n) is 2.64. The van der Waals surface area contributed by atoms with E-state index in [1.54, 1.807) is 0 Å². The van der Waals surface area contributed by atoms with E-state index in [2.05, 4.69) is 10.3 Å². The van der Waals surface area contributed by atoms with E-state index < -0.39 is 0 Å². The topological polar surface area (TPSA) is 44.9 Å². The average molecular weight is 313 g/mol. The number of carbonyl (C=O) groups is 1. The Morgan fingerprint density at radius 3 is 2.73 bits per heavy atom. The summed E-state index contributed by atoms with van der Waals surface area (Å²) in [5, 5.41) is 4.53. The molecule has 0 aliphatic rings. The van der Waals surface area contributed by atoms with Gasteiger partial charge >= 0.3 is 0 Å². The van der Waals surface area contributed by atoms with E-state index in [1.165, 1.54) is 0 Å². The number of benzene rings is 2. The lowest BCUT2D eigenvalue weighted by molar-refractivity contribution is -0.115. The van der Waals surface area contributed by atoms with Gasteiger partial charge in [-0.05, 0) is 43.2 Å². The molecule has 0 aliphatic heterocycles. The van der Waals surface area contributed by atoms with Crippen LogP contribution in [0.15, 0.2) is 42.5 Å². The number of halogens is 1. The van der Waals surface area contributed by atoms with Gasteiger partial charge in [0.1, 0.15) is 0 Å². The van der Waals surface area contributed by atoms with E-state index in [9.17, 15) is 4.79 Å². The number of rotatable bonds is 3. The molecule has 0 spiro atoms. The van der Waals surface area contributed by atoms with Crippen LogP contribution in [0.4, 0.5) is 5.69 Å². The number of para-hydroxylation sites is 1. The zero-order valence-corrected chi connectivity index (χ0v) is 13.3. The van der Waals surface area contributed by atoms with Gasteiger partial charge in [-0.1, -0.05) is 35.9 Å². The van der Waals surface area contributed by atoms with Gasteiger partial charge in [0.2, 0.25) is 5.91 Å². The lowest BCUT2D eigenvalue weighted by Crippen LogP contribution is -2.15. The molecule has 0 aliphatic carbocycles. The number of aromatic amines is 1. The molecule has 2 N–H and O–H groups in total. The van der Waals surface area contributed by atoms with Crippen LogP contribution in [0.5, 0.6) is 0 Å². The smallest absolute Gasteiger partial charge is 0.228 e. The van der Waals surface area contributed by atoms with Gasteiger partial charge in [0.15, 0.2) is 0 Å². The Morgan fingerprint density at radius 1 is 1.18 bits per heavy atom. The highest BCUT2D eigenvalue weighted by Crippen LogP contribution is 2.25. The van der Waals surface area contributed by atoms with Crippen molar-refractivity contribution in [2.75, 3.05) is 5.32 Å². The molecule has 1 amide bonds. The van der Waals surface area contributed by atoms with Crippen LogP contribution in [0.2, 0.25) is 5.02 Å². The summed E-state index contributed by atoms with van der Waals surface area (Å²) in [6.07, 6.45) is 0.319. The van der Waals surface area contributed by atoms with Gasteiger partial charge in [0.05, 0.1) is 17.1 Å². The van der Waals surface area contributed by atoms with Crippen LogP contribution in [-0.2, 0) is 11.2 Å². The second-order valence-electron chi connectivity index (χ2n) is 5.48. The minimum atomic E-state index is -0.0707.